The molecule has 0 bridgehead atoms. The second-order valence-corrected chi connectivity index (χ2v) is 3.33. The van der Waals surface area contributed by atoms with Crippen LogP contribution in [0.1, 0.15) is 6.42 Å². The van der Waals surface area contributed by atoms with E-state index in [9.17, 15) is 0 Å². The lowest BCUT2D eigenvalue weighted by Gasteiger charge is -2.28. The first-order valence-corrected chi connectivity index (χ1v) is 4.39. The van der Waals surface area contributed by atoms with Gasteiger partial charge in [0.1, 0.15) is 0 Å². The first-order chi connectivity index (χ1) is 5.88. The standard InChI is InChI=1S/C10H14N2/c11-12-8-4-3-6-9-5-1-2-7-10(9)12/h1-5,7,9-10H,6,8,11H2. The molecule has 1 heterocycles. The summed E-state index contributed by atoms with van der Waals surface area (Å²) in [5, 5.41) is 1.90. The lowest BCUT2D eigenvalue weighted by molar-refractivity contribution is 0.225. The van der Waals surface area contributed by atoms with Crippen LogP contribution in [0.5, 0.6) is 0 Å². The molecule has 0 aromatic rings. The average molecular weight is 162 g/mol. The van der Waals surface area contributed by atoms with E-state index < -0.39 is 0 Å². The summed E-state index contributed by atoms with van der Waals surface area (Å²) in [5.74, 6) is 6.45. The van der Waals surface area contributed by atoms with E-state index in [-0.39, 0.29) is 0 Å². The summed E-state index contributed by atoms with van der Waals surface area (Å²) in [4.78, 5) is 0. The molecule has 0 fully saturated rings. The van der Waals surface area contributed by atoms with E-state index in [1.165, 1.54) is 0 Å². The number of nitrogens with two attached hydrogens (primary N) is 1. The normalized spacial score (nSPS) is 34.8. The Morgan fingerprint density at radius 2 is 2.00 bits per heavy atom. The van der Waals surface area contributed by atoms with Gasteiger partial charge in [0, 0.05) is 18.5 Å². The van der Waals surface area contributed by atoms with Crippen molar-refractivity contribution in [3.8, 4) is 0 Å². The number of rotatable bonds is 0. The summed E-state index contributed by atoms with van der Waals surface area (Å²) in [6.45, 7) is 0.860. The highest BCUT2D eigenvalue weighted by Gasteiger charge is 2.22. The molecule has 2 heteroatoms. The molecule has 0 aromatic heterocycles. The van der Waals surface area contributed by atoms with Crippen molar-refractivity contribution in [1.29, 1.82) is 0 Å². The average Bonchev–Trinajstić information content (AvgIpc) is 2.29. The van der Waals surface area contributed by atoms with E-state index in [1.54, 1.807) is 0 Å². The highest BCUT2D eigenvalue weighted by Crippen LogP contribution is 2.22. The van der Waals surface area contributed by atoms with Crippen molar-refractivity contribution in [3.63, 3.8) is 0 Å². The van der Waals surface area contributed by atoms with Crippen molar-refractivity contribution in [2.24, 2.45) is 11.8 Å². The Balaban J connectivity index is 2.19. The van der Waals surface area contributed by atoms with Crippen LogP contribution in [-0.4, -0.2) is 17.6 Å². The van der Waals surface area contributed by atoms with Crippen LogP contribution < -0.4 is 5.84 Å². The summed E-state index contributed by atoms with van der Waals surface area (Å²) >= 11 is 0. The van der Waals surface area contributed by atoms with Crippen LogP contribution in [0.3, 0.4) is 0 Å². The van der Waals surface area contributed by atoms with Gasteiger partial charge in [-0.15, -0.1) is 0 Å². The van der Waals surface area contributed by atoms with Crippen molar-refractivity contribution in [1.82, 2.24) is 5.01 Å². The SMILES string of the molecule is NN1CC=CCC2C=CC=CC21. The molecule has 1 aliphatic heterocycles. The van der Waals surface area contributed by atoms with Crippen molar-refractivity contribution < 1.29 is 0 Å². The maximum absolute atomic E-state index is 5.89. The number of fused-ring (bicyclic) bond motifs is 1. The molecule has 0 spiro atoms. The highest BCUT2D eigenvalue weighted by atomic mass is 15.4. The zero-order valence-corrected chi connectivity index (χ0v) is 7.06. The van der Waals surface area contributed by atoms with Crippen molar-refractivity contribution >= 4 is 0 Å². The Bertz CT molecular complexity index is 240. The summed E-state index contributed by atoms with van der Waals surface area (Å²) in [7, 11) is 0. The summed E-state index contributed by atoms with van der Waals surface area (Å²) < 4.78 is 0. The second-order valence-electron chi connectivity index (χ2n) is 3.33. The van der Waals surface area contributed by atoms with Crippen molar-refractivity contribution in [3.05, 3.63) is 36.5 Å². The number of hydrazine groups is 1. The van der Waals surface area contributed by atoms with Crippen LogP contribution in [0.25, 0.3) is 0 Å². The third kappa shape index (κ3) is 1.36. The zero-order valence-electron chi connectivity index (χ0n) is 7.06. The quantitative estimate of drug-likeness (QED) is 0.429. The van der Waals surface area contributed by atoms with Gasteiger partial charge in [-0.1, -0.05) is 36.5 Å². The Morgan fingerprint density at radius 1 is 1.17 bits per heavy atom. The molecule has 2 nitrogen and oxygen atoms in total. The van der Waals surface area contributed by atoms with Crippen molar-refractivity contribution in [2.75, 3.05) is 6.54 Å². The predicted octanol–water partition coefficient (Wildman–Crippen LogP) is 1.23. The zero-order chi connectivity index (χ0) is 8.39. The molecular weight excluding hydrogens is 148 g/mol. The van der Waals surface area contributed by atoms with Gasteiger partial charge in [-0.05, 0) is 6.42 Å². The summed E-state index contributed by atoms with van der Waals surface area (Å²) in [6, 6.07) is 0.394. The fraction of sp³-hybridized carbons (Fsp3) is 0.400. The monoisotopic (exact) mass is 162 g/mol. The number of allylic oxidation sites excluding steroid dienone is 3. The minimum atomic E-state index is 0.394. The topological polar surface area (TPSA) is 29.3 Å². The van der Waals surface area contributed by atoms with Gasteiger partial charge in [0.05, 0.1) is 0 Å². The Hall–Kier alpha value is -0.860. The van der Waals surface area contributed by atoms with Gasteiger partial charge in [0.2, 0.25) is 0 Å². The van der Waals surface area contributed by atoms with Crippen LogP contribution in [0.2, 0.25) is 0 Å². The van der Waals surface area contributed by atoms with Gasteiger partial charge in [-0.3, -0.25) is 5.84 Å². The van der Waals surface area contributed by atoms with Crippen LogP contribution in [0, 0.1) is 5.92 Å². The van der Waals surface area contributed by atoms with E-state index in [0.29, 0.717) is 12.0 Å². The molecule has 2 rings (SSSR count). The Labute approximate surface area is 73.0 Å². The summed E-state index contributed by atoms with van der Waals surface area (Å²) in [5.41, 5.74) is 0. The van der Waals surface area contributed by atoms with Crippen LogP contribution in [0.4, 0.5) is 0 Å². The van der Waals surface area contributed by atoms with Crippen LogP contribution in [-0.2, 0) is 0 Å². The summed E-state index contributed by atoms with van der Waals surface area (Å²) in [6.07, 6.45) is 14.1. The molecule has 0 radical (unpaired) electrons. The second kappa shape index (κ2) is 3.25. The first-order valence-electron chi connectivity index (χ1n) is 4.39. The Morgan fingerprint density at radius 3 is 2.92 bits per heavy atom. The molecular formula is C10H14N2. The minimum absolute atomic E-state index is 0.394. The molecule has 2 unspecified atom stereocenters. The number of hydrogen-bond acceptors (Lipinski definition) is 2. The maximum Gasteiger partial charge on any atom is 0.0493 e. The molecule has 0 saturated heterocycles. The smallest absolute Gasteiger partial charge is 0.0493 e. The van der Waals surface area contributed by atoms with Crippen LogP contribution >= 0.6 is 0 Å². The molecule has 0 saturated carbocycles. The lowest BCUT2D eigenvalue weighted by Crippen LogP contribution is -2.43. The molecule has 0 aromatic carbocycles. The molecule has 2 aliphatic rings. The first kappa shape index (κ1) is 7.77. The minimum Gasteiger partial charge on any atom is -0.268 e. The van der Waals surface area contributed by atoms with E-state index in [2.05, 4.69) is 36.5 Å². The fourth-order valence-electron chi connectivity index (χ4n) is 1.79. The number of nitrogens with zero attached hydrogens (tertiary/aromatic N) is 1. The molecule has 1 aliphatic carbocycles. The predicted molar refractivity (Wildman–Crippen MR) is 50.2 cm³/mol. The fourth-order valence-corrected chi connectivity index (χ4v) is 1.79. The molecule has 0 amide bonds. The number of hydrogen-bond donors (Lipinski definition) is 1. The van der Waals surface area contributed by atoms with E-state index >= 15 is 0 Å². The van der Waals surface area contributed by atoms with Gasteiger partial charge in [0.15, 0.2) is 0 Å². The van der Waals surface area contributed by atoms with Crippen LogP contribution in [0.15, 0.2) is 36.5 Å². The molecule has 2 N–H and O–H groups in total. The van der Waals surface area contributed by atoms with E-state index in [1.807, 2.05) is 5.01 Å². The lowest BCUT2D eigenvalue weighted by atomic mass is 9.92. The third-order valence-corrected chi connectivity index (χ3v) is 2.49. The van der Waals surface area contributed by atoms with Gasteiger partial charge in [0.25, 0.3) is 0 Å². The molecule has 2 atom stereocenters. The van der Waals surface area contributed by atoms with Gasteiger partial charge in [-0.25, -0.2) is 5.01 Å². The largest absolute Gasteiger partial charge is 0.268 e. The molecule has 64 valence electrons. The van der Waals surface area contributed by atoms with E-state index in [0.717, 1.165) is 13.0 Å². The van der Waals surface area contributed by atoms with E-state index in [4.69, 9.17) is 5.84 Å². The van der Waals surface area contributed by atoms with Gasteiger partial charge >= 0.3 is 0 Å². The van der Waals surface area contributed by atoms with Gasteiger partial charge < -0.3 is 0 Å². The Kier molecular flexibility index (Phi) is 2.11. The maximum atomic E-state index is 5.89. The van der Waals surface area contributed by atoms with Gasteiger partial charge in [-0.2, -0.15) is 0 Å². The molecule has 12 heavy (non-hydrogen) atoms. The van der Waals surface area contributed by atoms with Crippen molar-refractivity contribution in [2.45, 2.75) is 12.5 Å². The third-order valence-electron chi connectivity index (χ3n) is 2.49. The highest BCUT2D eigenvalue weighted by molar-refractivity contribution is 5.19.